The fourth-order valence-corrected chi connectivity index (χ4v) is 5.83. The zero-order valence-electron chi connectivity index (χ0n) is 27.1. The van der Waals surface area contributed by atoms with E-state index in [1.807, 2.05) is 12.1 Å². The third kappa shape index (κ3) is 7.44. The Hall–Kier alpha value is -6.18. The molecule has 0 unspecified atom stereocenters. The largest absolute Gasteiger partial charge is 0.311 e. The molecule has 7 aromatic carbocycles. The maximum atomic E-state index is 2.31. The fraction of sp³-hybridized carbons (Fsp3) is 0.0213. The van der Waals surface area contributed by atoms with E-state index in [9.17, 15) is 0 Å². The third-order valence-corrected chi connectivity index (χ3v) is 8.57. The monoisotopic (exact) mass is 615 g/mol. The van der Waals surface area contributed by atoms with Crippen LogP contribution in [0.5, 0.6) is 0 Å². The quantitative estimate of drug-likeness (QED) is 0.146. The van der Waals surface area contributed by atoms with Crippen LogP contribution >= 0.6 is 0 Å². The van der Waals surface area contributed by atoms with Crippen molar-refractivity contribution < 1.29 is 0 Å². The summed E-state index contributed by atoms with van der Waals surface area (Å²) in [5, 5.41) is 0. The van der Waals surface area contributed by atoms with Gasteiger partial charge in [0.25, 0.3) is 0 Å². The summed E-state index contributed by atoms with van der Waals surface area (Å²) in [5.41, 5.74) is 14.2. The fourth-order valence-electron chi connectivity index (χ4n) is 5.83. The molecule has 0 saturated heterocycles. The second-order valence-corrected chi connectivity index (χ2v) is 12.0. The first-order valence-corrected chi connectivity index (χ1v) is 16.4. The van der Waals surface area contributed by atoms with E-state index in [4.69, 9.17) is 0 Å². The van der Waals surface area contributed by atoms with Crippen molar-refractivity contribution in [3.63, 3.8) is 0 Å². The molecule has 0 aliphatic heterocycles. The average molecular weight is 616 g/mol. The summed E-state index contributed by atoms with van der Waals surface area (Å²) in [6, 6.07) is 64.7. The second kappa shape index (κ2) is 14.5. The highest BCUT2D eigenvalue weighted by molar-refractivity contribution is 5.80. The van der Waals surface area contributed by atoms with E-state index < -0.39 is 0 Å². The molecule has 0 aliphatic carbocycles. The maximum absolute atomic E-state index is 2.31. The third-order valence-electron chi connectivity index (χ3n) is 8.57. The number of hydrogen-bond acceptors (Lipinski definition) is 1. The molecular formula is C47H37N. The molecule has 0 N–H and O–H groups in total. The topological polar surface area (TPSA) is 3.24 Å². The summed E-state index contributed by atoms with van der Waals surface area (Å²) in [6.07, 6.45) is 8.69. The normalized spacial score (nSPS) is 11.3. The summed E-state index contributed by atoms with van der Waals surface area (Å²) in [6.45, 7) is 2.13. The van der Waals surface area contributed by atoms with Crippen LogP contribution in [0.3, 0.4) is 0 Å². The van der Waals surface area contributed by atoms with E-state index in [1.165, 1.54) is 38.9 Å². The van der Waals surface area contributed by atoms with Gasteiger partial charge in [0.1, 0.15) is 0 Å². The van der Waals surface area contributed by atoms with Gasteiger partial charge in [-0.25, -0.2) is 0 Å². The lowest BCUT2D eigenvalue weighted by Gasteiger charge is -2.26. The summed E-state index contributed by atoms with van der Waals surface area (Å²) >= 11 is 0. The first-order valence-electron chi connectivity index (χ1n) is 16.4. The van der Waals surface area contributed by atoms with Gasteiger partial charge < -0.3 is 4.90 Å². The molecule has 0 aliphatic rings. The highest BCUT2D eigenvalue weighted by atomic mass is 15.1. The van der Waals surface area contributed by atoms with Crippen molar-refractivity contribution in [3.05, 3.63) is 210 Å². The summed E-state index contributed by atoms with van der Waals surface area (Å²) in [5.74, 6) is 0. The number of rotatable bonds is 9. The van der Waals surface area contributed by atoms with Gasteiger partial charge in [0.05, 0.1) is 0 Å². The van der Waals surface area contributed by atoms with Crippen molar-refractivity contribution in [1.29, 1.82) is 0 Å². The molecular weight excluding hydrogens is 579 g/mol. The van der Waals surface area contributed by atoms with Gasteiger partial charge in [0, 0.05) is 17.1 Å². The molecule has 0 fully saturated rings. The van der Waals surface area contributed by atoms with Gasteiger partial charge in [0.2, 0.25) is 0 Å². The van der Waals surface area contributed by atoms with Crippen LogP contribution in [0.2, 0.25) is 0 Å². The summed E-state index contributed by atoms with van der Waals surface area (Å²) in [4.78, 5) is 2.31. The Morgan fingerprint density at radius 1 is 0.292 bits per heavy atom. The minimum Gasteiger partial charge on any atom is -0.311 e. The van der Waals surface area contributed by atoms with Crippen LogP contribution in [-0.4, -0.2) is 0 Å². The van der Waals surface area contributed by atoms with E-state index in [1.54, 1.807) is 0 Å². The lowest BCUT2D eigenvalue weighted by molar-refractivity contribution is 1.27. The Kier molecular flexibility index (Phi) is 9.20. The lowest BCUT2D eigenvalue weighted by atomic mass is 10.0. The Morgan fingerprint density at radius 2 is 0.562 bits per heavy atom. The van der Waals surface area contributed by atoms with E-state index in [0.717, 1.165) is 28.2 Å². The van der Waals surface area contributed by atoms with Crippen molar-refractivity contribution >= 4 is 41.4 Å². The number of benzene rings is 7. The molecule has 0 aromatic heterocycles. The van der Waals surface area contributed by atoms with Crippen molar-refractivity contribution in [1.82, 2.24) is 0 Å². The number of aryl methyl sites for hydroxylation is 1. The van der Waals surface area contributed by atoms with Gasteiger partial charge in [-0.3, -0.25) is 0 Å². The zero-order valence-corrected chi connectivity index (χ0v) is 27.1. The summed E-state index contributed by atoms with van der Waals surface area (Å²) in [7, 11) is 0. The van der Waals surface area contributed by atoms with Crippen molar-refractivity contribution in [2.75, 3.05) is 4.90 Å². The zero-order chi connectivity index (χ0) is 32.5. The Balaban J connectivity index is 1.07. The molecule has 230 valence electrons. The minimum atomic E-state index is 1.12. The van der Waals surface area contributed by atoms with Crippen LogP contribution in [0, 0.1) is 6.92 Å². The predicted octanol–water partition coefficient (Wildman–Crippen LogP) is 13.1. The highest BCUT2D eigenvalue weighted by Gasteiger charge is 2.12. The second-order valence-electron chi connectivity index (χ2n) is 12.0. The van der Waals surface area contributed by atoms with Gasteiger partial charge in [-0.2, -0.15) is 0 Å². The molecule has 0 saturated carbocycles. The number of nitrogens with zero attached hydrogens (tertiary/aromatic N) is 1. The summed E-state index contributed by atoms with van der Waals surface area (Å²) < 4.78 is 0. The van der Waals surface area contributed by atoms with E-state index in [2.05, 4.69) is 206 Å². The molecule has 1 nitrogen and oxygen atoms in total. The molecule has 0 amide bonds. The minimum absolute atomic E-state index is 1.12. The predicted molar refractivity (Wildman–Crippen MR) is 207 cm³/mol. The maximum Gasteiger partial charge on any atom is 0.0462 e. The van der Waals surface area contributed by atoms with Crippen molar-refractivity contribution in [2.24, 2.45) is 0 Å². The molecule has 7 aromatic rings. The van der Waals surface area contributed by atoms with Gasteiger partial charge in [-0.05, 0) is 87.8 Å². The van der Waals surface area contributed by atoms with Gasteiger partial charge in [0.15, 0.2) is 0 Å². The SMILES string of the molecule is Cc1ccc(N(c2ccc(C=Cc3ccc(-c4ccccc4)cc3)cc2)c2ccc(C=Cc3ccc(-c4ccccc4)cc3)cc2)cc1. The first kappa shape index (κ1) is 30.5. The molecule has 0 heterocycles. The van der Waals surface area contributed by atoms with Crippen LogP contribution in [0.15, 0.2) is 182 Å². The van der Waals surface area contributed by atoms with Crippen LogP contribution in [0.25, 0.3) is 46.6 Å². The lowest BCUT2D eigenvalue weighted by Crippen LogP contribution is -2.09. The first-order chi connectivity index (χ1) is 23.7. The Morgan fingerprint density at radius 3 is 0.896 bits per heavy atom. The molecule has 0 spiro atoms. The standard InChI is InChI=1S/C47H37N/c1-36-12-30-45(31-13-36)48(46-32-22-39(23-33-46)16-14-37-18-26-43(27-19-37)41-8-4-2-5-9-41)47-34-24-40(25-35-47)17-15-38-20-28-44(29-21-38)42-10-6-3-7-11-42/h2-35H,1H3. The molecule has 7 rings (SSSR count). The van der Waals surface area contributed by atoms with E-state index >= 15 is 0 Å². The molecule has 0 radical (unpaired) electrons. The van der Waals surface area contributed by atoms with Crippen molar-refractivity contribution in [2.45, 2.75) is 6.92 Å². The van der Waals surface area contributed by atoms with Gasteiger partial charge >= 0.3 is 0 Å². The van der Waals surface area contributed by atoms with Crippen LogP contribution < -0.4 is 4.90 Å². The van der Waals surface area contributed by atoms with E-state index in [-0.39, 0.29) is 0 Å². The Labute approximate surface area is 284 Å². The van der Waals surface area contributed by atoms with Gasteiger partial charge in [-0.1, -0.05) is 175 Å². The molecule has 0 atom stereocenters. The Bertz CT molecular complexity index is 1970. The average Bonchev–Trinajstić information content (AvgIpc) is 3.16. The molecule has 0 bridgehead atoms. The van der Waals surface area contributed by atoms with E-state index in [0.29, 0.717) is 0 Å². The smallest absolute Gasteiger partial charge is 0.0462 e. The number of anilines is 3. The van der Waals surface area contributed by atoms with Gasteiger partial charge in [-0.15, -0.1) is 0 Å². The number of hydrogen-bond donors (Lipinski definition) is 0. The van der Waals surface area contributed by atoms with Crippen molar-refractivity contribution in [3.8, 4) is 22.3 Å². The highest BCUT2D eigenvalue weighted by Crippen LogP contribution is 2.35. The molecule has 1 heteroatoms. The van der Waals surface area contributed by atoms with Crippen LogP contribution in [0.4, 0.5) is 17.1 Å². The van der Waals surface area contributed by atoms with Crippen LogP contribution in [0.1, 0.15) is 27.8 Å². The van der Waals surface area contributed by atoms with Crippen LogP contribution in [-0.2, 0) is 0 Å². The molecule has 48 heavy (non-hydrogen) atoms.